The van der Waals surface area contributed by atoms with Crippen molar-refractivity contribution in [2.75, 3.05) is 13.2 Å². The number of carbonyl (C=O) groups is 1. The van der Waals surface area contributed by atoms with Crippen LogP contribution in [-0.2, 0) is 9.53 Å². The van der Waals surface area contributed by atoms with Crippen molar-refractivity contribution in [3.8, 4) is 0 Å². The Hall–Kier alpha value is -1.17. The molecule has 1 amide bonds. The zero-order valence-electron chi connectivity index (χ0n) is 11.9. The molecule has 1 aromatic rings. The Balaban J connectivity index is 1.74. The number of aryl methyl sites for hydroxylation is 1. The lowest BCUT2D eigenvalue weighted by atomic mass is 10.1. The predicted octanol–water partition coefficient (Wildman–Crippen LogP) is 3.38. The van der Waals surface area contributed by atoms with Gasteiger partial charge in [0.25, 0.3) is 5.91 Å². The van der Waals surface area contributed by atoms with E-state index >= 15 is 0 Å². The van der Waals surface area contributed by atoms with E-state index in [1.807, 2.05) is 37.3 Å². The van der Waals surface area contributed by atoms with Crippen molar-refractivity contribution in [3.63, 3.8) is 0 Å². The largest absolute Gasteiger partial charge is 0.376 e. The van der Waals surface area contributed by atoms with Crippen LogP contribution in [0.15, 0.2) is 29.2 Å². The number of thiocarbonyl (C=S) groups is 1. The highest BCUT2D eigenvalue weighted by atomic mass is 32.2. The fraction of sp³-hybridized carbons (Fsp3) is 0.375. The van der Waals surface area contributed by atoms with Crippen molar-refractivity contribution in [2.45, 2.75) is 25.9 Å². The number of benzene rings is 1. The zero-order chi connectivity index (χ0) is 14.8. The molecule has 2 fully saturated rings. The minimum absolute atomic E-state index is 0.000995. The molecule has 0 bridgehead atoms. The van der Waals surface area contributed by atoms with Gasteiger partial charge in [0.05, 0.1) is 17.6 Å². The average Bonchev–Trinajstić information content (AvgIpc) is 3.06. The monoisotopic (exact) mass is 319 g/mol. The van der Waals surface area contributed by atoms with E-state index in [-0.39, 0.29) is 12.0 Å². The number of rotatable bonds is 3. The van der Waals surface area contributed by atoms with Gasteiger partial charge < -0.3 is 4.74 Å². The van der Waals surface area contributed by atoms with Crippen LogP contribution in [0.5, 0.6) is 0 Å². The molecule has 2 saturated heterocycles. The standard InChI is InChI=1S/C16H17NO2S2/c1-11-4-6-12(7-5-11)9-14-15(18)17(16(20)21-14)10-13-3-2-8-19-13/h4-7,9,13H,2-3,8,10H2,1H3/b14-9-/t13-/m0/s1. The van der Waals surface area contributed by atoms with Crippen molar-refractivity contribution in [1.29, 1.82) is 0 Å². The molecule has 110 valence electrons. The molecule has 0 unspecified atom stereocenters. The van der Waals surface area contributed by atoms with Gasteiger partial charge in [-0.05, 0) is 31.4 Å². The Morgan fingerprint density at radius 2 is 2.19 bits per heavy atom. The molecule has 3 nitrogen and oxygen atoms in total. The van der Waals surface area contributed by atoms with Crippen LogP contribution < -0.4 is 0 Å². The first-order chi connectivity index (χ1) is 10.1. The van der Waals surface area contributed by atoms with Gasteiger partial charge in [0.2, 0.25) is 0 Å². The zero-order valence-corrected chi connectivity index (χ0v) is 13.5. The Morgan fingerprint density at radius 3 is 2.86 bits per heavy atom. The van der Waals surface area contributed by atoms with Gasteiger partial charge in [-0.3, -0.25) is 9.69 Å². The maximum Gasteiger partial charge on any atom is 0.266 e. The fourth-order valence-corrected chi connectivity index (χ4v) is 3.74. The van der Waals surface area contributed by atoms with Gasteiger partial charge in [0.15, 0.2) is 0 Å². The molecule has 0 aromatic heterocycles. The minimum Gasteiger partial charge on any atom is -0.376 e. The summed E-state index contributed by atoms with van der Waals surface area (Å²) in [6.07, 6.45) is 4.12. The van der Waals surface area contributed by atoms with Crippen LogP contribution in [0.3, 0.4) is 0 Å². The normalized spacial score (nSPS) is 24.3. The summed E-state index contributed by atoms with van der Waals surface area (Å²) in [5.74, 6) is 0.000995. The summed E-state index contributed by atoms with van der Waals surface area (Å²) in [5, 5.41) is 0. The molecule has 0 spiro atoms. The van der Waals surface area contributed by atoms with Gasteiger partial charge >= 0.3 is 0 Å². The average molecular weight is 319 g/mol. The van der Waals surface area contributed by atoms with Gasteiger partial charge in [0.1, 0.15) is 4.32 Å². The number of thioether (sulfide) groups is 1. The molecule has 0 aliphatic carbocycles. The molecule has 2 aliphatic heterocycles. The summed E-state index contributed by atoms with van der Waals surface area (Å²) >= 11 is 6.72. The quantitative estimate of drug-likeness (QED) is 0.631. The highest BCUT2D eigenvalue weighted by Gasteiger charge is 2.34. The number of carbonyl (C=O) groups excluding carboxylic acids is 1. The lowest BCUT2D eigenvalue weighted by Gasteiger charge is -2.18. The van der Waals surface area contributed by atoms with E-state index in [0.29, 0.717) is 15.8 Å². The van der Waals surface area contributed by atoms with Crippen molar-refractivity contribution in [1.82, 2.24) is 4.90 Å². The van der Waals surface area contributed by atoms with E-state index < -0.39 is 0 Å². The van der Waals surface area contributed by atoms with E-state index in [4.69, 9.17) is 17.0 Å². The maximum absolute atomic E-state index is 12.5. The first kappa shape index (κ1) is 14.8. The molecule has 0 radical (unpaired) electrons. The van der Waals surface area contributed by atoms with E-state index in [0.717, 1.165) is 25.0 Å². The number of hydrogen-bond acceptors (Lipinski definition) is 4. The molecule has 3 rings (SSSR count). The van der Waals surface area contributed by atoms with Crippen LogP contribution in [0.1, 0.15) is 24.0 Å². The van der Waals surface area contributed by atoms with Crippen molar-refractivity contribution >= 4 is 40.3 Å². The third-order valence-electron chi connectivity index (χ3n) is 3.66. The van der Waals surface area contributed by atoms with E-state index in [2.05, 4.69) is 0 Å². The highest BCUT2D eigenvalue weighted by molar-refractivity contribution is 8.26. The minimum atomic E-state index is 0.000995. The highest BCUT2D eigenvalue weighted by Crippen LogP contribution is 2.33. The molecule has 5 heteroatoms. The first-order valence-electron chi connectivity index (χ1n) is 7.07. The summed E-state index contributed by atoms with van der Waals surface area (Å²) in [6.45, 7) is 3.42. The second-order valence-electron chi connectivity index (χ2n) is 5.34. The molecule has 2 heterocycles. The lowest BCUT2D eigenvalue weighted by Crippen LogP contribution is -2.35. The lowest BCUT2D eigenvalue weighted by molar-refractivity contribution is -0.123. The maximum atomic E-state index is 12.5. The van der Waals surface area contributed by atoms with E-state index in [1.54, 1.807) is 4.90 Å². The summed E-state index contributed by atoms with van der Waals surface area (Å²) in [6, 6.07) is 8.11. The molecule has 0 N–H and O–H groups in total. The predicted molar refractivity (Wildman–Crippen MR) is 90.0 cm³/mol. The third-order valence-corrected chi connectivity index (χ3v) is 5.04. The molecular formula is C16H17NO2S2. The Bertz CT molecular complexity index is 589. The fourth-order valence-electron chi connectivity index (χ4n) is 2.46. The SMILES string of the molecule is Cc1ccc(/C=C2\SC(=S)N(C[C@@H]3CCCO3)C2=O)cc1. The Labute approximate surface area is 134 Å². The van der Waals surface area contributed by atoms with Gasteiger partial charge in [-0.15, -0.1) is 0 Å². The van der Waals surface area contributed by atoms with Crippen LogP contribution in [0.25, 0.3) is 6.08 Å². The van der Waals surface area contributed by atoms with Gasteiger partial charge in [-0.25, -0.2) is 0 Å². The molecule has 1 atom stereocenters. The Kier molecular flexibility index (Phi) is 4.42. The summed E-state index contributed by atoms with van der Waals surface area (Å²) < 4.78 is 6.23. The van der Waals surface area contributed by atoms with Crippen LogP contribution in [0.2, 0.25) is 0 Å². The summed E-state index contributed by atoms with van der Waals surface area (Å²) in [5.41, 5.74) is 2.23. The van der Waals surface area contributed by atoms with E-state index in [9.17, 15) is 4.79 Å². The number of amides is 1. The van der Waals surface area contributed by atoms with E-state index in [1.165, 1.54) is 17.3 Å². The van der Waals surface area contributed by atoms with Crippen LogP contribution in [0, 0.1) is 6.92 Å². The topological polar surface area (TPSA) is 29.5 Å². The molecule has 1 aromatic carbocycles. The van der Waals surface area contributed by atoms with Crippen LogP contribution >= 0.6 is 24.0 Å². The first-order valence-corrected chi connectivity index (χ1v) is 8.29. The second-order valence-corrected chi connectivity index (χ2v) is 7.01. The van der Waals surface area contributed by atoms with Gasteiger partial charge in [-0.1, -0.05) is 53.8 Å². The van der Waals surface area contributed by atoms with Gasteiger partial charge in [-0.2, -0.15) is 0 Å². The second kappa shape index (κ2) is 6.30. The number of nitrogens with zero attached hydrogens (tertiary/aromatic N) is 1. The van der Waals surface area contributed by atoms with Crippen LogP contribution in [0.4, 0.5) is 0 Å². The van der Waals surface area contributed by atoms with Crippen molar-refractivity contribution in [3.05, 3.63) is 40.3 Å². The number of ether oxygens (including phenoxy) is 1. The van der Waals surface area contributed by atoms with Crippen molar-refractivity contribution < 1.29 is 9.53 Å². The van der Waals surface area contributed by atoms with Crippen LogP contribution in [-0.4, -0.2) is 34.4 Å². The number of hydrogen-bond donors (Lipinski definition) is 0. The van der Waals surface area contributed by atoms with Gasteiger partial charge in [0, 0.05) is 6.61 Å². The van der Waals surface area contributed by atoms with Crippen molar-refractivity contribution in [2.24, 2.45) is 0 Å². The molecule has 2 aliphatic rings. The summed E-state index contributed by atoms with van der Waals surface area (Å²) in [7, 11) is 0. The molecule has 21 heavy (non-hydrogen) atoms. The summed E-state index contributed by atoms with van der Waals surface area (Å²) in [4.78, 5) is 14.8. The third kappa shape index (κ3) is 3.36. The molecular weight excluding hydrogens is 302 g/mol. The molecule has 0 saturated carbocycles. The smallest absolute Gasteiger partial charge is 0.266 e. The Morgan fingerprint density at radius 1 is 1.43 bits per heavy atom.